The third kappa shape index (κ3) is 2.47. The van der Waals surface area contributed by atoms with Crippen LogP contribution in [0.3, 0.4) is 0 Å². The monoisotopic (exact) mass is 275 g/mol. The molecular formula is C15H21N3S. The lowest BCUT2D eigenvalue weighted by Gasteiger charge is -2.32. The van der Waals surface area contributed by atoms with Crippen molar-refractivity contribution in [3.05, 3.63) is 29.0 Å². The summed E-state index contributed by atoms with van der Waals surface area (Å²) in [5.74, 6) is 0. The Kier molecular flexibility index (Phi) is 3.71. The summed E-state index contributed by atoms with van der Waals surface area (Å²) in [5, 5.41) is 0. The minimum Gasteiger partial charge on any atom is -0.331 e. The molecule has 0 bridgehead atoms. The number of piperidine rings is 1. The van der Waals surface area contributed by atoms with Gasteiger partial charge in [0, 0.05) is 19.1 Å². The van der Waals surface area contributed by atoms with Crippen molar-refractivity contribution < 1.29 is 0 Å². The van der Waals surface area contributed by atoms with Crippen molar-refractivity contribution in [1.82, 2.24) is 14.5 Å². The van der Waals surface area contributed by atoms with Crippen molar-refractivity contribution in [2.75, 3.05) is 19.6 Å². The molecule has 1 aliphatic heterocycles. The van der Waals surface area contributed by atoms with E-state index in [1.165, 1.54) is 44.4 Å². The number of aromatic amines is 1. The molecule has 2 heterocycles. The fourth-order valence-corrected chi connectivity index (χ4v) is 3.51. The highest BCUT2D eigenvalue weighted by molar-refractivity contribution is 7.71. The summed E-state index contributed by atoms with van der Waals surface area (Å²) in [4.78, 5) is 5.89. The number of fused-ring (bicyclic) bond motifs is 1. The van der Waals surface area contributed by atoms with Crippen LogP contribution in [0.5, 0.6) is 0 Å². The Bertz CT molecular complexity index is 605. The van der Waals surface area contributed by atoms with E-state index >= 15 is 0 Å². The van der Waals surface area contributed by atoms with Gasteiger partial charge in [-0.2, -0.15) is 0 Å². The van der Waals surface area contributed by atoms with Crippen LogP contribution in [-0.2, 0) is 0 Å². The Morgan fingerprint density at radius 2 is 2.00 bits per heavy atom. The van der Waals surface area contributed by atoms with Gasteiger partial charge >= 0.3 is 0 Å². The van der Waals surface area contributed by atoms with E-state index in [0.717, 1.165) is 10.3 Å². The molecule has 0 unspecified atom stereocenters. The van der Waals surface area contributed by atoms with Gasteiger partial charge in [-0.1, -0.05) is 19.1 Å². The van der Waals surface area contributed by atoms with Crippen molar-refractivity contribution in [2.24, 2.45) is 0 Å². The molecule has 1 saturated heterocycles. The van der Waals surface area contributed by atoms with Crippen molar-refractivity contribution in [2.45, 2.75) is 32.2 Å². The van der Waals surface area contributed by atoms with Crippen LogP contribution in [0.1, 0.15) is 32.2 Å². The van der Waals surface area contributed by atoms with E-state index in [4.69, 9.17) is 12.2 Å². The number of aromatic nitrogens is 2. The van der Waals surface area contributed by atoms with Gasteiger partial charge in [-0.05, 0) is 50.2 Å². The SMILES string of the molecule is CCCN1CCC(n2c(=S)[nH]c3ccccc32)CC1. The Morgan fingerprint density at radius 1 is 1.26 bits per heavy atom. The van der Waals surface area contributed by atoms with E-state index in [0.29, 0.717) is 6.04 Å². The molecule has 0 spiro atoms. The van der Waals surface area contributed by atoms with Crippen molar-refractivity contribution in [3.8, 4) is 0 Å². The van der Waals surface area contributed by atoms with E-state index in [-0.39, 0.29) is 0 Å². The molecular weight excluding hydrogens is 254 g/mol. The molecule has 0 saturated carbocycles. The van der Waals surface area contributed by atoms with Gasteiger partial charge in [0.2, 0.25) is 0 Å². The number of para-hydroxylation sites is 2. The molecule has 1 aromatic carbocycles. The number of hydrogen-bond acceptors (Lipinski definition) is 2. The summed E-state index contributed by atoms with van der Waals surface area (Å²) >= 11 is 5.51. The molecule has 19 heavy (non-hydrogen) atoms. The van der Waals surface area contributed by atoms with Gasteiger partial charge in [0.25, 0.3) is 0 Å². The molecule has 1 fully saturated rings. The fraction of sp³-hybridized carbons (Fsp3) is 0.533. The third-order valence-corrected chi connectivity index (χ3v) is 4.38. The molecule has 102 valence electrons. The summed E-state index contributed by atoms with van der Waals surface area (Å²) in [6.45, 7) is 5.87. The van der Waals surface area contributed by atoms with Crippen molar-refractivity contribution in [3.63, 3.8) is 0 Å². The Hall–Kier alpha value is -1.13. The Labute approximate surface area is 119 Å². The highest BCUT2D eigenvalue weighted by Crippen LogP contribution is 2.27. The topological polar surface area (TPSA) is 24.0 Å². The molecule has 4 heteroatoms. The second kappa shape index (κ2) is 5.47. The van der Waals surface area contributed by atoms with Gasteiger partial charge in [0.15, 0.2) is 4.77 Å². The Balaban J connectivity index is 1.86. The molecule has 0 aliphatic carbocycles. The van der Waals surface area contributed by atoms with Crippen LogP contribution in [0.2, 0.25) is 0 Å². The molecule has 3 nitrogen and oxygen atoms in total. The zero-order chi connectivity index (χ0) is 13.2. The van der Waals surface area contributed by atoms with Crippen LogP contribution in [0.15, 0.2) is 24.3 Å². The fourth-order valence-electron chi connectivity index (χ4n) is 3.15. The van der Waals surface area contributed by atoms with Gasteiger partial charge in [-0.3, -0.25) is 0 Å². The van der Waals surface area contributed by atoms with Crippen LogP contribution in [0.25, 0.3) is 11.0 Å². The van der Waals surface area contributed by atoms with E-state index in [2.05, 4.69) is 45.6 Å². The van der Waals surface area contributed by atoms with Crippen LogP contribution in [0, 0.1) is 4.77 Å². The zero-order valence-electron chi connectivity index (χ0n) is 11.4. The molecule has 0 amide bonds. The van der Waals surface area contributed by atoms with Crippen molar-refractivity contribution >= 4 is 23.3 Å². The van der Waals surface area contributed by atoms with E-state index < -0.39 is 0 Å². The van der Waals surface area contributed by atoms with Crippen LogP contribution < -0.4 is 0 Å². The smallest absolute Gasteiger partial charge is 0.178 e. The summed E-state index contributed by atoms with van der Waals surface area (Å²) < 4.78 is 3.20. The van der Waals surface area contributed by atoms with E-state index in [9.17, 15) is 0 Å². The highest BCUT2D eigenvalue weighted by Gasteiger charge is 2.21. The van der Waals surface area contributed by atoms with Crippen molar-refractivity contribution in [1.29, 1.82) is 0 Å². The van der Waals surface area contributed by atoms with Crippen LogP contribution in [0.4, 0.5) is 0 Å². The maximum absolute atomic E-state index is 5.51. The third-order valence-electron chi connectivity index (χ3n) is 4.09. The normalized spacial score (nSPS) is 18.2. The minimum atomic E-state index is 0.553. The molecule has 1 aromatic heterocycles. The van der Waals surface area contributed by atoms with E-state index in [1.807, 2.05) is 0 Å². The number of benzene rings is 1. The number of rotatable bonds is 3. The summed E-state index contributed by atoms with van der Waals surface area (Å²) in [6, 6.07) is 8.97. The lowest BCUT2D eigenvalue weighted by Crippen LogP contribution is -2.35. The number of nitrogens with one attached hydrogen (secondary N) is 1. The number of likely N-dealkylation sites (tertiary alicyclic amines) is 1. The van der Waals surface area contributed by atoms with Gasteiger partial charge < -0.3 is 14.5 Å². The molecule has 1 aliphatic rings. The molecule has 0 radical (unpaired) electrons. The minimum absolute atomic E-state index is 0.553. The first kappa shape index (κ1) is 12.9. The number of imidazole rings is 1. The van der Waals surface area contributed by atoms with Gasteiger partial charge in [0.05, 0.1) is 11.0 Å². The summed E-state index contributed by atoms with van der Waals surface area (Å²) in [5.41, 5.74) is 2.41. The second-order valence-electron chi connectivity index (χ2n) is 5.39. The number of hydrogen-bond donors (Lipinski definition) is 1. The standard InChI is InChI=1S/C15H21N3S/c1-2-9-17-10-7-12(8-11-17)18-14-6-4-3-5-13(14)16-15(18)19/h3-6,12H,2,7-11H2,1H3,(H,16,19). The lowest BCUT2D eigenvalue weighted by atomic mass is 10.0. The number of H-pyrrole nitrogens is 1. The summed E-state index contributed by atoms with van der Waals surface area (Å²) in [7, 11) is 0. The number of nitrogens with zero attached hydrogens (tertiary/aromatic N) is 2. The first-order valence-electron chi connectivity index (χ1n) is 7.21. The van der Waals surface area contributed by atoms with Gasteiger partial charge in [0.1, 0.15) is 0 Å². The average Bonchev–Trinajstić information content (AvgIpc) is 2.76. The van der Waals surface area contributed by atoms with Crippen LogP contribution >= 0.6 is 12.2 Å². The quantitative estimate of drug-likeness (QED) is 0.863. The first-order chi connectivity index (χ1) is 9.29. The second-order valence-corrected chi connectivity index (χ2v) is 5.78. The lowest BCUT2D eigenvalue weighted by molar-refractivity contribution is 0.188. The predicted octanol–water partition coefficient (Wildman–Crippen LogP) is 3.75. The average molecular weight is 275 g/mol. The largest absolute Gasteiger partial charge is 0.331 e. The maximum atomic E-state index is 5.51. The maximum Gasteiger partial charge on any atom is 0.178 e. The Morgan fingerprint density at radius 3 is 2.74 bits per heavy atom. The van der Waals surface area contributed by atoms with Gasteiger partial charge in [-0.15, -0.1) is 0 Å². The molecule has 3 rings (SSSR count). The van der Waals surface area contributed by atoms with Crippen LogP contribution in [-0.4, -0.2) is 34.1 Å². The van der Waals surface area contributed by atoms with Gasteiger partial charge in [-0.25, -0.2) is 0 Å². The van der Waals surface area contributed by atoms with E-state index in [1.54, 1.807) is 0 Å². The highest BCUT2D eigenvalue weighted by atomic mass is 32.1. The molecule has 2 aromatic rings. The predicted molar refractivity (Wildman–Crippen MR) is 82.1 cm³/mol. The molecule has 0 atom stereocenters. The first-order valence-corrected chi connectivity index (χ1v) is 7.62. The summed E-state index contributed by atoms with van der Waals surface area (Å²) in [6.07, 6.45) is 3.66. The zero-order valence-corrected chi connectivity index (χ0v) is 12.2. The molecule has 1 N–H and O–H groups in total.